The standard InChI is InChI=1S/C23H28N4O3/c1-15-24-13-20(30-15)17-4-5-18-12-25-21(11-19(18)10-17)26-22(28)16-6-8-27(9-7-16)14-23(2,3)29/h4-5,10-13,16,29H,6-9,14H2,1-3H3,(H,25,26,28). The van der Waals surface area contributed by atoms with E-state index in [1.165, 1.54) is 0 Å². The summed E-state index contributed by atoms with van der Waals surface area (Å²) in [4.78, 5) is 23.5. The van der Waals surface area contributed by atoms with Crippen molar-refractivity contribution >= 4 is 22.5 Å². The number of nitrogens with zero attached hydrogens (tertiary/aromatic N) is 3. The van der Waals surface area contributed by atoms with Crippen LogP contribution in [0.3, 0.4) is 0 Å². The van der Waals surface area contributed by atoms with Crippen molar-refractivity contribution in [2.24, 2.45) is 5.92 Å². The summed E-state index contributed by atoms with van der Waals surface area (Å²) in [6, 6.07) is 7.87. The zero-order chi connectivity index (χ0) is 21.3. The van der Waals surface area contributed by atoms with Crippen LogP contribution in [-0.4, -0.2) is 51.1 Å². The van der Waals surface area contributed by atoms with Crippen LogP contribution in [0.25, 0.3) is 22.1 Å². The van der Waals surface area contributed by atoms with Gasteiger partial charge in [0.15, 0.2) is 11.7 Å². The number of carbonyl (C=O) groups is 1. The molecule has 1 amide bonds. The predicted octanol–water partition coefficient (Wildman–Crippen LogP) is 3.62. The molecule has 0 spiro atoms. The molecule has 1 aliphatic rings. The molecule has 1 aliphatic heterocycles. The third-order valence-corrected chi connectivity index (χ3v) is 5.45. The molecule has 0 aliphatic carbocycles. The molecule has 1 aromatic carbocycles. The molecule has 3 heterocycles. The van der Waals surface area contributed by atoms with Gasteiger partial charge >= 0.3 is 0 Å². The Labute approximate surface area is 176 Å². The van der Waals surface area contributed by atoms with Gasteiger partial charge in [0.1, 0.15) is 5.82 Å². The van der Waals surface area contributed by atoms with E-state index in [4.69, 9.17) is 4.42 Å². The molecule has 0 bridgehead atoms. The Morgan fingerprint density at radius 1 is 1.20 bits per heavy atom. The van der Waals surface area contributed by atoms with Gasteiger partial charge in [0.25, 0.3) is 0 Å². The van der Waals surface area contributed by atoms with Crippen molar-refractivity contribution in [3.05, 3.63) is 42.5 Å². The van der Waals surface area contributed by atoms with E-state index in [1.54, 1.807) is 12.4 Å². The third-order valence-electron chi connectivity index (χ3n) is 5.45. The number of amides is 1. The quantitative estimate of drug-likeness (QED) is 0.670. The molecular weight excluding hydrogens is 380 g/mol. The van der Waals surface area contributed by atoms with E-state index in [1.807, 2.05) is 45.0 Å². The average Bonchev–Trinajstić information content (AvgIpc) is 3.13. The summed E-state index contributed by atoms with van der Waals surface area (Å²) < 4.78 is 5.62. The zero-order valence-electron chi connectivity index (χ0n) is 17.7. The summed E-state index contributed by atoms with van der Waals surface area (Å²) in [6.07, 6.45) is 5.05. The van der Waals surface area contributed by atoms with E-state index in [-0.39, 0.29) is 11.8 Å². The van der Waals surface area contributed by atoms with Crippen LogP contribution in [0.5, 0.6) is 0 Å². The fraction of sp³-hybridized carbons (Fsp3) is 0.435. The lowest BCUT2D eigenvalue weighted by Crippen LogP contribution is -2.44. The largest absolute Gasteiger partial charge is 0.441 e. The monoisotopic (exact) mass is 408 g/mol. The van der Waals surface area contributed by atoms with Gasteiger partial charge in [0.05, 0.1) is 11.8 Å². The number of β-amino-alcohol motifs (C(OH)–C–C–N with tert-alkyl or cyclic N) is 1. The fourth-order valence-corrected chi connectivity index (χ4v) is 3.99. The van der Waals surface area contributed by atoms with Crippen molar-refractivity contribution < 1.29 is 14.3 Å². The summed E-state index contributed by atoms with van der Waals surface area (Å²) in [5.41, 5.74) is 0.221. The van der Waals surface area contributed by atoms with Crippen LogP contribution in [-0.2, 0) is 4.79 Å². The second-order valence-electron chi connectivity index (χ2n) is 8.73. The number of aromatic nitrogens is 2. The maximum atomic E-state index is 12.7. The van der Waals surface area contributed by atoms with Crippen LogP contribution >= 0.6 is 0 Å². The Morgan fingerprint density at radius 2 is 1.97 bits per heavy atom. The lowest BCUT2D eigenvalue weighted by molar-refractivity contribution is -0.121. The number of hydrogen-bond acceptors (Lipinski definition) is 6. The van der Waals surface area contributed by atoms with E-state index in [0.29, 0.717) is 18.3 Å². The highest BCUT2D eigenvalue weighted by atomic mass is 16.4. The lowest BCUT2D eigenvalue weighted by Gasteiger charge is -2.34. The summed E-state index contributed by atoms with van der Waals surface area (Å²) >= 11 is 0. The number of pyridine rings is 1. The first kappa shape index (κ1) is 20.5. The van der Waals surface area contributed by atoms with Gasteiger partial charge in [-0.1, -0.05) is 12.1 Å². The van der Waals surface area contributed by atoms with Gasteiger partial charge in [-0.2, -0.15) is 0 Å². The summed E-state index contributed by atoms with van der Waals surface area (Å²) in [6.45, 7) is 7.69. The van der Waals surface area contributed by atoms with E-state index in [0.717, 1.165) is 48.0 Å². The van der Waals surface area contributed by atoms with E-state index in [9.17, 15) is 9.90 Å². The predicted molar refractivity (Wildman–Crippen MR) is 116 cm³/mol. The van der Waals surface area contributed by atoms with Crippen molar-refractivity contribution in [2.75, 3.05) is 25.0 Å². The van der Waals surface area contributed by atoms with Gasteiger partial charge in [0.2, 0.25) is 5.91 Å². The molecule has 30 heavy (non-hydrogen) atoms. The number of oxazole rings is 1. The second-order valence-corrected chi connectivity index (χ2v) is 8.73. The third kappa shape index (κ3) is 4.86. The molecule has 7 nitrogen and oxygen atoms in total. The first-order valence-electron chi connectivity index (χ1n) is 10.3. The van der Waals surface area contributed by atoms with E-state index < -0.39 is 5.60 Å². The molecule has 2 N–H and O–H groups in total. The minimum atomic E-state index is -0.715. The maximum Gasteiger partial charge on any atom is 0.228 e. The Kier molecular flexibility index (Phi) is 5.58. The molecule has 0 atom stereocenters. The molecule has 0 unspecified atom stereocenters. The van der Waals surface area contributed by atoms with Gasteiger partial charge in [-0.15, -0.1) is 0 Å². The fourth-order valence-electron chi connectivity index (χ4n) is 3.99. The zero-order valence-corrected chi connectivity index (χ0v) is 17.7. The number of aliphatic hydroxyl groups is 1. The first-order chi connectivity index (χ1) is 14.3. The van der Waals surface area contributed by atoms with Crippen molar-refractivity contribution in [3.8, 4) is 11.3 Å². The molecule has 0 radical (unpaired) electrons. The van der Waals surface area contributed by atoms with Gasteiger partial charge in [-0.3, -0.25) is 4.79 Å². The van der Waals surface area contributed by atoms with Gasteiger partial charge in [0, 0.05) is 36.5 Å². The molecule has 2 aromatic heterocycles. The molecular formula is C23H28N4O3. The molecule has 7 heteroatoms. The molecule has 3 aromatic rings. The SMILES string of the molecule is Cc1ncc(-c2ccc3cnc(NC(=O)C4CCN(CC(C)(C)O)CC4)cc3c2)o1. The van der Waals surface area contributed by atoms with E-state index in [2.05, 4.69) is 20.2 Å². The molecule has 1 fully saturated rings. The highest BCUT2D eigenvalue weighted by Crippen LogP contribution is 2.27. The Bertz CT molecular complexity index is 1050. The normalized spacial score (nSPS) is 16.1. The second kappa shape index (κ2) is 8.16. The lowest BCUT2D eigenvalue weighted by atomic mass is 9.95. The number of anilines is 1. The van der Waals surface area contributed by atoms with Crippen LogP contribution < -0.4 is 5.32 Å². The van der Waals surface area contributed by atoms with Crippen LogP contribution in [0.15, 0.2) is 41.1 Å². The molecule has 0 saturated carbocycles. The van der Waals surface area contributed by atoms with Crippen LogP contribution in [0.1, 0.15) is 32.6 Å². The van der Waals surface area contributed by atoms with Crippen molar-refractivity contribution in [1.29, 1.82) is 0 Å². The number of nitrogens with one attached hydrogen (secondary N) is 1. The first-order valence-corrected chi connectivity index (χ1v) is 10.3. The minimum absolute atomic E-state index is 0.00627. The number of likely N-dealkylation sites (tertiary alicyclic amines) is 1. The van der Waals surface area contributed by atoms with Crippen LogP contribution in [0.4, 0.5) is 5.82 Å². The van der Waals surface area contributed by atoms with Crippen molar-refractivity contribution in [2.45, 2.75) is 39.2 Å². The minimum Gasteiger partial charge on any atom is -0.441 e. The summed E-state index contributed by atoms with van der Waals surface area (Å²) in [5.74, 6) is 1.86. The number of fused-ring (bicyclic) bond motifs is 1. The van der Waals surface area contributed by atoms with Crippen molar-refractivity contribution in [3.63, 3.8) is 0 Å². The summed E-state index contributed by atoms with van der Waals surface area (Å²) in [7, 11) is 0. The Morgan fingerprint density at radius 3 is 2.63 bits per heavy atom. The highest BCUT2D eigenvalue weighted by Gasteiger charge is 2.27. The maximum absolute atomic E-state index is 12.7. The molecule has 4 rings (SSSR count). The number of aryl methyl sites for hydroxylation is 1. The highest BCUT2D eigenvalue weighted by molar-refractivity contribution is 5.95. The van der Waals surface area contributed by atoms with Crippen molar-refractivity contribution in [1.82, 2.24) is 14.9 Å². The van der Waals surface area contributed by atoms with E-state index >= 15 is 0 Å². The number of hydrogen-bond donors (Lipinski definition) is 2. The van der Waals surface area contributed by atoms with Gasteiger partial charge in [-0.25, -0.2) is 9.97 Å². The Balaban J connectivity index is 1.43. The summed E-state index contributed by atoms with van der Waals surface area (Å²) in [5, 5.41) is 14.9. The van der Waals surface area contributed by atoms with Gasteiger partial charge in [-0.05, 0) is 57.3 Å². The van der Waals surface area contributed by atoms with Crippen LogP contribution in [0, 0.1) is 12.8 Å². The molecule has 158 valence electrons. The molecule has 1 saturated heterocycles. The van der Waals surface area contributed by atoms with Crippen LogP contribution in [0.2, 0.25) is 0 Å². The number of rotatable bonds is 5. The number of benzene rings is 1. The van der Waals surface area contributed by atoms with Gasteiger partial charge < -0.3 is 19.7 Å². The smallest absolute Gasteiger partial charge is 0.228 e. The Hall–Kier alpha value is -2.77. The number of carbonyl (C=O) groups excluding carboxylic acids is 1. The topological polar surface area (TPSA) is 91.5 Å². The number of piperidine rings is 1. The average molecular weight is 409 g/mol.